The van der Waals surface area contributed by atoms with E-state index >= 15 is 0 Å². The van der Waals surface area contributed by atoms with E-state index in [2.05, 4.69) is 9.83 Å². The highest BCUT2D eigenvalue weighted by Crippen LogP contribution is 2.26. The zero-order valence-electron chi connectivity index (χ0n) is 9.71. The van der Waals surface area contributed by atoms with Crippen LogP contribution in [0.15, 0.2) is 36.5 Å². The quantitative estimate of drug-likeness (QED) is 0.751. The maximum Gasteiger partial charge on any atom is 0.189 e. The van der Waals surface area contributed by atoms with E-state index in [1.807, 2.05) is 6.07 Å². The largest absolute Gasteiger partial charge is 0.497 e. The molecule has 0 bridgehead atoms. The van der Waals surface area contributed by atoms with Crippen LogP contribution >= 0.6 is 0 Å². The Labute approximate surface area is 105 Å². The first-order chi connectivity index (χ1) is 8.76. The number of methoxy groups -OCH3 is 1. The van der Waals surface area contributed by atoms with Crippen molar-refractivity contribution in [1.82, 2.24) is 4.98 Å². The van der Waals surface area contributed by atoms with E-state index in [0.29, 0.717) is 22.7 Å². The van der Waals surface area contributed by atoms with E-state index in [1.54, 1.807) is 43.6 Å². The van der Waals surface area contributed by atoms with Gasteiger partial charge in [0.1, 0.15) is 5.75 Å². The normalized spacial score (nSPS) is 9.28. The molecule has 4 nitrogen and oxygen atoms in total. The number of nitrogens with zero attached hydrogens (tertiary/aromatic N) is 3. The van der Waals surface area contributed by atoms with Crippen LogP contribution in [0.4, 0.5) is 5.69 Å². The second-order valence-electron chi connectivity index (χ2n) is 3.57. The van der Waals surface area contributed by atoms with Crippen LogP contribution in [0.3, 0.4) is 0 Å². The maximum atomic E-state index is 8.93. The van der Waals surface area contributed by atoms with Gasteiger partial charge in [-0.25, -0.2) is 4.85 Å². The second kappa shape index (κ2) is 4.99. The third-order valence-corrected chi connectivity index (χ3v) is 2.44. The summed E-state index contributed by atoms with van der Waals surface area (Å²) in [5.41, 5.74) is 2.28. The molecule has 1 aromatic heterocycles. The zero-order valence-corrected chi connectivity index (χ0v) is 9.71. The maximum absolute atomic E-state index is 8.93. The van der Waals surface area contributed by atoms with Crippen molar-refractivity contribution >= 4 is 5.69 Å². The molecule has 0 amide bonds. The van der Waals surface area contributed by atoms with Gasteiger partial charge in [0.2, 0.25) is 0 Å². The number of ether oxygens (including phenoxy) is 1. The standard InChI is InChI=1S/C14H9N3O/c1-16-12-6-10(9-15)5-11(7-12)14-8-13(18-2)3-4-17-14/h3-8H,2H3. The highest BCUT2D eigenvalue weighted by Gasteiger charge is 2.05. The van der Waals surface area contributed by atoms with Gasteiger partial charge in [-0.2, -0.15) is 5.26 Å². The smallest absolute Gasteiger partial charge is 0.189 e. The van der Waals surface area contributed by atoms with Crippen LogP contribution in [-0.2, 0) is 0 Å². The van der Waals surface area contributed by atoms with Gasteiger partial charge >= 0.3 is 0 Å². The molecule has 0 unspecified atom stereocenters. The molecule has 4 heteroatoms. The molecule has 0 saturated heterocycles. The fourth-order valence-corrected chi connectivity index (χ4v) is 1.58. The van der Waals surface area contributed by atoms with Gasteiger partial charge in [0.25, 0.3) is 0 Å². The van der Waals surface area contributed by atoms with Crippen molar-refractivity contribution in [3.8, 4) is 23.1 Å². The van der Waals surface area contributed by atoms with Crippen LogP contribution in [-0.4, -0.2) is 12.1 Å². The van der Waals surface area contributed by atoms with Gasteiger partial charge in [-0.15, -0.1) is 0 Å². The Hall–Kier alpha value is -2.85. The van der Waals surface area contributed by atoms with Crippen molar-refractivity contribution in [2.24, 2.45) is 0 Å². The van der Waals surface area contributed by atoms with Gasteiger partial charge in [-0.05, 0) is 29.8 Å². The lowest BCUT2D eigenvalue weighted by atomic mass is 10.1. The number of aromatic nitrogens is 1. The van der Waals surface area contributed by atoms with Crippen molar-refractivity contribution < 1.29 is 4.74 Å². The SMILES string of the molecule is [C-]#[N+]c1cc(C#N)cc(-c2cc(OC)ccn2)c1. The molecule has 1 heterocycles. The zero-order chi connectivity index (χ0) is 13.0. The molecule has 0 radical (unpaired) electrons. The van der Waals surface area contributed by atoms with Gasteiger partial charge in [-0.1, -0.05) is 0 Å². The second-order valence-corrected chi connectivity index (χ2v) is 3.57. The first kappa shape index (κ1) is 11.6. The minimum Gasteiger partial charge on any atom is -0.497 e. The van der Waals surface area contributed by atoms with Gasteiger partial charge in [0.15, 0.2) is 5.69 Å². The van der Waals surface area contributed by atoms with Gasteiger partial charge in [0, 0.05) is 17.8 Å². The van der Waals surface area contributed by atoms with Crippen LogP contribution < -0.4 is 4.74 Å². The van der Waals surface area contributed by atoms with Crippen molar-refractivity contribution in [1.29, 1.82) is 5.26 Å². The van der Waals surface area contributed by atoms with Crippen LogP contribution in [0.1, 0.15) is 5.56 Å². The van der Waals surface area contributed by atoms with Crippen LogP contribution in [0.25, 0.3) is 16.1 Å². The Kier molecular flexibility index (Phi) is 3.22. The van der Waals surface area contributed by atoms with E-state index < -0.39 is 0 Å². The molecule has 0 aliphatic heterocycles. The molecule has 0 spiro atoms. The molecule has 0 aliphatic rings. The summed E-state index contributed by atoms with van der Waals surface area (Å²) in [5.74, 6) is 0.687. The van der Waals surface area contributed by atoms with Gasteiger partial charge in [0.05, 0.1) is 25.4 Å². The van der Waals surface area contributed by atoms with E-state index in [4.69, 9.17) is 16.6 Å². The number of pyridine rings is 1. The molecule has 0 fully saturated rings. The number of hydrogen-bond acceptors (Lipinski definition) is 3. The topological polar surface area (TPSA) is 50.3 Å². The molecule has 2 aromatic rings. The molecule has 1 aromatic carbocycles. The number of benzene rings is 1. The van der Waals surface area contributed by atoms with E-state index in [9.17, 15) is 0 Å². The summed E-state index contributed by atoms with van der Waals surface area (Å²) in [7, 11) is 1.58. The third kappa shape index (κ3) is 2.28. The Morgan fingerprint density at radius 2 is 2.17 bits per heavy atom. The molecule has 0 atom stereocenters. The van der Waals surface area contributed by atoms with Crippen LogP contribution in [0, 0.1) is 17.9 Å². The Bertz CT molecular complexity index is 633. The highest BCUT2D eigenvalue weighted by atomic mass is 16.5. The molecule has 2 rings (SSSR count). The summed E-state index contributed by atoms with van der Waals surface area (Å²) in [4.78, 5) is 7.56. The first-order valence-electron chi connectivity index (χ1n) is 5.20. The summed E-state index contributed by atoms with van der Waals surface area (Å²) in [6, 6.07) is 10.5. The predicted octanol–water partition coefficient (Wildman–Crippen LogP) is 3.18. The Morgan fingerprint density at radius 1 is 1.33 bits per heavy atom. The molecule has 18 heavy (non-hydrogen) atoms. The van der Waals surface area contributed by atoms with Crippen LogP contribution in [0.2, 0.25) is 0 Å². The summed E-state index contributed by atoms with van der Waals surface area (Å²) < 4.78 is 5.12. The third-order valence-electron chi connectivity index (χ3n) is 2.44. The lowest BCUT2D eigenvalue weighted by Gasteiger charge is -2.05. The molecule has 0 aliphatic carbocycles. The van der Waals surface area contributed by atoms with E-state index in [1.165, 1.54) is 0 Å². The van der Waals surface area contributed by atoms with Gasteiger partial charge < -0.3 is 4.74 Å². The van der Waals surface area contributed by atoms with Crippen molar-refractivity contribution in [3.05, 3.63) is 53.5 Å². The molecule has 0 saturated carbocycles. The number of rotatable bonds is 2. The number of hydrogen-bond donors (Lipinski definition) is 0. The fourth-order valence-electron chi connectivity index (χ4n) is 1.58. The minimum absolute atomic E-state index is 0.425. The average Bonchev–Trinajstić information content (AvgIpc) is 2.46. The summed E-state index contributed by atoms with van der Waals surface area (Å²) in [6.45, 7) is 7.02. The molecular formula is C14H9N3O. The molecular weight excluding hydrogens is 226 g/mol. The van der Waals surface area contributed by atoms with E-state index in [-0.39, 0.29) is 0 Å². The fraction of sp³-hybridized carbons (Fsp3) is 0.0714. The minimum atomic E-state index is 0.425. The van der Waals surface area contributed by atoms with Gasteiger partial charge in [-0.3, -0.25) is 4.98 Å². The van der Waals surface area contributed by atoms with Crippen LogP contribution in [0.5, 0.6) is 5.75 Å². The summed E-state index contributed by atoms with van der Waals surface area (Å²) in [5, 5.41) is 8.93. The lowest BCUT2D eigenvalue weighted by Crippen LogP contribution is -1.88. The summed E-state index contributed by atoms with van der Waals surface area (Å²) in [6.07, 6.45) is 1.63. The number of nitriles is 1. The van der Waals surface area contributed by atoms with Crippen molar-refractivity contribution in [2.75, 3.05) is 7.11 Å². The predicted molar refractivity (Wildman–Crippen MR) is 67.2 cm³/mol. The monoisotopic (exact) mass is 235 g/mol. The molecule has 86 valence electrons. The van der Waals surface area contributed by atoms with E-state index in [0.717, 1.165) is 5.56 Å². The molecule has 0 N–H and O–H groups in total. The Morgan fingerprint density at radius 3 is 2.83 bits per heavy atom. The van der Waals surface area contributed by atoms with Crippen molar-refractivity contribution in [3.63, 3.8) is 0 Å². The lowest BCUT2D eigenvalue weighted by molar-refractivity contribution is 0.414. The average molecular weight is 235 g/mol. The highest BCUT2D eigenvalue weighted by molar-refractivity contribution is 5.69. The Balaban J connectivity index is 2.57. The first-order valence-corrected chi connectivity index (χ1v) is 5.20. The van der Waals surface area contributed by atoms with Crippen molar-refractivity contribution in [2.45, 2.75) is 0 Å². The summed E-state index contributed by atoms with van der Waals surface area (Å²) >= 11 is 0.